The summed E-state index contributed by atoms with van der Waals surface area (Å²) < 4.78 is 16.0. The second-order valence-electron chi connectivity index (χ2n) is 6.14. The average molecular weight is 353 g/mol. The smallest absolute Gasteiger partial charge is 0.231 e. The van der Waals surface area contributed by atoms with Crippen molar-refractivity contribution in [3.05, 3.63) is 41.7 Å². The minimum absolute atomic E-state index is 0.0359. The molecule has 1 aromatic heterocycles. The van der Waals surface area contributed by atoms with Gasteiger partial charge in [0.05, 0.1) is 18.7 Å². The van der Waals surface area contributed by atoms with Gasteiger partial charge < -0.3 is 24.6 Å². The Morgan fingerprint density at radius 3 is 2.77 bits per heavy atom. The fourth-order valence-electron chi connectivity index (χ4n) is 3.01. The van der Waals surface area contributed by atoms with Crippen LogP contribution in [0.1, 0.15) is 24.4 Å². The molecule has 0 saturated heterocycles. The average Bonchev–Trinajstić information content (AvgIpc) is 3.09. The van der Waals surface area contributed by atoms with Gasteiger partial charge in [0.25, 0.3) is 0 Å². The van der Waals surface area contributed by atoms with E-state index in [2.05, 4.69) is 15.3 Å². The molecule has 2 aromatic carbocycles. The monoisotopic (exact) mass is 353 g/mol. The molecule has 0 aliphatic carbocycles. The van der Waals surface area contributed by atoms with Gasteiger partial charge >= 0.3 is 0 Å². The molecular formula is C19H19N3O4. The molecule has 2 heterocycles. The van der Waals surface area contributed by atoms with Crippen molar-refractivity contribution < 1.29 is 19.3 Å². The summed E-state index contributed by atoms with van der Waals surface area (Å²) in [5, 5.41) is 14.2. The highest BCUT2D eigenvalue weighted by atomic mass is 16.7. The van der Waals surface area contributed by atoms with Crippen LogP contribution in [0.25, 0.3) is 10.9 Å². The molecule has 3 aromatic rings. The number of benzene rings is 2. The Kier molecular flexibility index (Phi) is 3.91. The summed E-state index contributed by atoms with van der Waals surface area (Å²) in [5.41, 5.74) is 1.74. The lowest BCUT2D eigenvalue weighted by Gasteiger charge is -2.17. The van der Waals surface area contributed by atoms with E-state index >= 15 is 0 Å². The van der Waals surface area contributed by atoms with E-state index in [0.29, 0.717) is 22.9 Å². The van der Waals surface area contributed by atoms with Crippen LogP contribution < -0.4 is 19.5 Å². The molecule has 1 unspecified atom stereocenters. The lowest BCUT2D eigenvalue weighted by Crippen LogP contribution is -2.09. The number of aromatic hydroxyl groups is 1. The van der Waals surface area contributed by atoms with Gasteiger partial charge in [-0.3, -0.25) is 0 Å². The maximum absolute atomic E-state index is 10.1. The van der Waals surface area contributed by atoms with E-state index in [1.807, 2.05) is 32.0 Å². The minimum Gasteiger partial charge on any atom is -0.504 e. The van der Waals surface area contributed by atoms with Crippen LogP contribution in [0, 0.1) is 6.92 Å². The standard InChI is InChI=1S/C19H19N3O4/c1-10(12-4-5-16-18(6-12)26-9-25-16)20-19-13-7-15(23)17(24-3)8-14(13)21-11(2)22-19/h4-8,10,23H,9H2,1-3H3,(H,20,21,22). The number of nitrogens with zero attached hydrogens (tertiary/aromatic N) is 2. The van der Waals surface area contributed by atoms with Crippen molar-refractivity contribution in [3.8, 4) is 23.0 Å². The number of nitrogens with one attached hydrogen (secondary N) is 1. The molecule has 0 bridgehead atoms. The second-order valence-corrected chi connectivity index (χ2v) is 6.14. The molecule has 0 amide bonds. The van der Waals surface area contributed by atoms with Gasteiger partial charge in [-0.05, 0) is 37.6 Å². The summed E-state index contributed by atoms with van der Waals surface area (Å²) in [7, 11) is 1.51. The molecule has 7 nitrogen and oxygen atoms in total. The highest BCUT2D eigenvalue weighted by molar-refractivity contribution is 5.91. The molecule has 1 aliphatic rings. The highest BCUT2D eigenvalue weighted by Crippen LogP contribution is 2.36. The van der Waals surface area contributed by atoms with Crippen LogP contribution >= 0.6 is 0 Å². The first-order chi connectivity index (χ1) is 12.5. The summed E-state index contributed by atoms with van der Waals surface area (Å²) in [5.74, 6) is 3.20. The molecule has 0 saturated carbocycles. The number of methoxy groups -OCH3 is 1. The van der Waals surface area contributed by atoms with Crippen LogP contribution in [-0.2, 0) is 0 Å². The maximum atomic E-state index is 10.1. The second kappa shape index (κ2) is 6.25. The maximum Gasteiger partial charge on any atom is 0.231 e. The van der Waals surface area contributed by atoms with Gasteiger partial charge in [0.2, 0.25) is 6.79 Å². The van der Waals surface area contributed by atoms with Crippen LogP contribution in [0.4, 0.5) is 5.82 Å². The van der Waals surface area contributed by atoms with E-state index in [9.17, 15) is 5.11 Å². The first-order valence-electron chi connectivity index (χ1n) is 8.26. The Hall–Kier alpha value is -3.22. The Balaban J connectivity index is 1.71. The third-order valence-electron chi connectivity index (χ3n) is 4.36. The zero-order chi connectivity index (χ0) is 18.3. The topological polar surface area (TPSA) is 85.7 Å². The van der Waals surface area contributed by atoms with E-state index in [1.165, 1.54) is 7.11 Å². The third-order valence-corrected chi connectivity index (χ3v) is 4.36. The number of aromatic nitrogens is 2. The van der Waals surface area contributed by atoms with Crippen molar-refractivity contribution in [2.45, 2.75) is 19.9 Å². The summed E-state index contributed by atoms with van der Waals surface area (Å²) in [6.07, 6.45) is 0. The number of rotatable bonds is 4. The molecule has 0 radical (unpaired) electrons. The summed E-state index contributed by atoms with van der Waals surface area (Å²) in [6, 6.07) is 9.12. The fraction of sp³-hybridized carbons (Fsp3) is 0.263. The van der Waals surface area contributed by atoms with Gasteiger partial charge in [0.15, 0.2) is 23.0 Å². The van der Waals surface area contributed by atoms with Gasteiger partial charge in [-0.25, -0.2) is 9.97 Å². The predicted octanol–water partition coefficient (Wildman–Crippen LogP) is 3.55. The van der Waals surface area contributed by atoms with Crippen molar-refractivity contribution in [3.63, 3.8) is 0 Å². The molecule has 0 fully saturated rings. The van der Waals surface area contributed by atoms with E-state index in [-0.39, 0.29) is 18.6 Å². The number of fused-ring (bicyclic) bond motifs is 2. The SMILES string of the molecule is COc1cc2nc(C)nc(NC(C)c3ccc4c(c3)OCO4)c2cc1O. The molecule has 2 N–H and O–H groups in total. The third kappa shape index (κ3) is 2.81. The Morgan fingerprint density at radius 1 is 1.15 bits per heavy atom. The first kappa shape index (κ1) is 16.3. The van der Waals surface area contributed by atoms with Crippen LogP contribution in [-0.4, -0.2) is 29.0 Å². The van der Waals surface area contributed by atoms with E-state index in [1.54, 1.807) is 12.1 Å². The van der Waals surface area contributed by atoms with Gasteiger partial charge in [-0.1, -0.05) is 6.07 Å². The number of hydrogen-bond donors (Lipinski definition) is 2. The molecule has 0 spiro atoms. The van der Waals surface area contributed by atoms with E-state index < -0.39 is 0 Å². The number of aryl methyl sites for hydroxylation is 1. The largest absolute Gasteiger partial charge is 0.504 e. The molecule has 26 heavy (non-hydrogen) atoms. The number of phenols is 1. The summed E-state index contributed by atoms with van der Waals surface area (Å²) in [6.45, 7) is 4.11. The first-order valence-corrected chi connectivity index (χ1v) is 8.26. The zero-order valence-corrected chi connectivity index (χ0v) is 14.7. The van der Waals surface area contributed by atoms with Gasteiger partial charge in [0, 0.05) is 11.5 Å². The molecule has 1 aliphatic heterocycles. The van der Waals surface area contributed by atoms with Crippen molar-refractivity contribution in [1.82, 2.24) is 9.97 Å². The van der Waals surface area contributed by atoms with Gasteiger partial charge in [0.1, 0.15) is 11.6 Å². The van der Waals surface area contributed by atoms with E-state index in [4.69, 9.17) is 14.2 Å². The minimum atomic E-state index is -0.0359. The highest BCUT2D eigenvalue weighted by Gasteiger charge is 2.17. The van der Waals surface area contributed by atoms with Crippen LogP contribution in [0.3, 0.4) is 0 Å². The fourth-order valence-corrected chi connectivity index (χ4v) is 3.01. The molecule has 134 valence electrons. The van der Waals surface area contributed by atoms with Crippen LogP contribution in [0.15, 0.2) is 30.3 Å². The van der Waals surface area contributed by atoms with E-state index in [0.717, 1.165) is 22.4 Å². The Labute approximate surface area is 150 Å². The van der Waals surface area contributed by atoms with Crippen molar-refractivity contribution >= 4 is 16.7 Å². The molecule has 7 heteroatoms. The molecular weight excluding hydrogens is 334 g/mol. The molecule has 1 atom stereocenters. The summed E-state index contributed by atoms with van der Waals surface area (Å²) >= 11 is 0. The number of ether oxygens (including phenoxy) is 3. The van der Waals surface area contributed by atoms with Crippen LogP contribution in [0.5, 0.6) is 23.0 Å². The number of anilines is 1. The number of hydrogen-bond acceptors (Lipinski definition) is 7. The lowest BCUT2D eigenvalue weighted by molar-refractivity contribution is 0.174. The van der Waals surface area contributed by atoms with Crippen molar-refractivity contribution in [2.75, 3.05) is 19.2 Å². The normalized spacial score (nSPS) is 13.7. The van der Waals surface area contributed by atoms with Crippen LogP contribution in [0.2, 0.25) is 0 Å². The van der Waals surface area contributed by atoms with Crippen molar-refractivity contribution in [2.24, 2.45) is 0 Å². The lowest BCUT2D eigenvalue weighted by atomic mass is 10.1. The van der Waals surface area contributed by atoms with Crippen molar-refractivity contribution in [1.29, 1.82) is 0 Å². The zero-order valence-electron chi connectivity index (χ0n) is 14.7. The predicted molar refractivity (Wildman–Crippen MR) is 97.1 cm³/mol. The Bertz CT molecular complexity index is 990. The quantitative estimate of drug-likeness (QED) is 0.742. The Morgan fingerprint density at radius 2 is 1.96 bits per heavy atom. The summed E-state index contributed by atoms with van der Waals surface area (Å²) in [4.78, 5) is 8.94. The number of phenolic OH excluding ortho intramolecular Hbond substituents is 1. The van der Waals surface area contributed by atoms with Gasteiger partial charge in [-0.15, -0.1) is 0 Å². The molecule has 4 rings (SSSR count). The van der Waals surface area contributed by atoms with Gasteiger partial charge in [-0.2, -0.15) is 0 Å².